The third kappa shape index (κ3) is 0.962. The summed E-state index contributed by atoms with van der Waals surface area (Å²) in [6, 6.07) is 0. The molecule has 0 unspecified atom stereocenters. The van der Waals surface area contributed by atoms with Gasteiger partial charge in [-0.1, -0.05) is 5.18 Å². The van der Waals surface area contributed by atoms with Gasteiger partial charge in [-0.15, -0.1) is 4.91 Å². The molecule has 0 saturated carbocycles. The Hall–Kier alpha value is -0.440. The summed E-state index contributed by atoms with van der Waals surface area (Å²) in [5.74, 6) is 0. The molecule has 40 valence electrons. The van der Waals surface area contributed by atoms with Crippen LogP contribution in [0.2, 0.25) is 0 Å². The lowest BCUT2D eigenvalue weighted by atomic mass is 10.3. The van der Waals surface area contributed by atoms with Crippen molar-refractivity contribution < 1.29 is 0 Å². The summed E-state index contributed by atoms with van der Waals surface area (Å²) < 4.78 is 0. The second-order valence-corrected chi connectivity index (χ2v) is 1.72. The van der Waals surface area contributed by atoms with Crippen molar-refractivity contribution in [3.05, 3.63) is 4.91 Å². The second-order valence-electron chi connectivity index (χ2n) is 1.72. The fraction of sp³-hybridized carbons (Fsp3) is 1.00. The highest BCUT2D eigenvalue weighted by atomic mass is 16.3. The number of hydrogen-bond donors (Lipinski definition) is 1. The molecule has 1 aliphatic rings. The van der Waals surface area contributed by atoms with Crippen molar-refractivity contribution in [2.24, 2.45) is 5.18 Å². The van der Waals surface area contributed by atoms with Crippen molar-refractivity contribution in [2.45, 2.75) is 19.0 Å². The topological polar surface area (TPSA) is 41.5 Å². The Bertz CT molecular complexity index is 68.1. The van der Waals surface area contributed by atoms with Crippen LogP contribution in [-0.4, -0.2) is 12.7 Å². The Morgan fingerprint density at radius 1 is 1.71 bits per heavy atom. The standard InChI is InChI=1S/C4H8N2O/c7-6-4-2-1-3-5-4/h4-5H,1-3H2/t4-/m1/s1. The zero-order valence-electron chi connectivity index (χ0n) is 4.05. The molecule has 1 rings (SSSR count). The molecule has 1 atom stereocenters. The van der Waals surface area contributed by atoms with Crippen LogP contribution in [0.1, 0.15) is 12.8 Å². The lowest BCUT2D eigenvalue weighted by Crippen LogP contribution is -2.17. The highest BCUT2D eigenvalue weighted by molar-refractivity contribution is 4.69. The Labute approximate surface area is 42.1 Å². The van der Waals surface area contributed by atoms with Gasteiger partial charge in [-0.25, -0.2) is 0 Å². The van der Waals surface area contributed by atoms with Crippen LogP contribution in [0.15, 0.2) is 5.18 Å². The first-order valence-electron chi connectivity index (χ1n) is 2.49. The molecule has 0 amide bonds. The van der Waals surface area contributed by atoms with E-state index in [4.69, 9.17) is 0 Å². The minimum absolute atomic E-state index is 0.0833. The van der Waals surface area contributed by atoms with Gasteiger partial charge in [0, 0.05) is 0 Å². The van der Waals surface area contributed by atoms with Crippen LogP contribution in [0.25, 0.3) is 0 Å². The quantitative estimate of drug-likeness (QED) is 0.486. The lowest BCUT2D eigenvalue weighted by molar-refractivity contribution is 0.632. The van der Waals surface area contributed by atoms with E-state index in [1.54, 1.807) is 0 Å². The van der Waals surface area contributed by atoms with Crippen molar-refractivity contribution in [2.75, 3.05) is 6.54 Å². The molecule has 0 aromatic rings. The summed E-state index contributed by atoms with van der Waals surface area (Å²) >= 11 is 0. The maximum Gasteiger partial charge on any atom is 0.142 e. The summed E-state index contributed by atoms with van der Waals surface area (Å²) in [5, 5.41) is 5.75. The van der Waals surface area contributed by atoms with E-state index >= 15 is 0 Å². The largest absolute Gasteiger partial charge is 0.293 e. The number of nitroso groups, excluding NO2 is 1. The first kappa shape index (κ1) is 4.71. The van der Waals surface area contributed by atoms with Crippen LogP contribution in [0.5, 0.6) is 0 Å². The molecular formula is C4H8N2O. The van der Waals surface area contributed by atoms with Gasteiger partial charge in [-0.2, -0.15) is 0 Å². The van der Waals surface area contributed by atoms with Crippen molar-refractivity contribution in [3.8, 4) is 0 Å². The molecule has 0 radical (unpaired) electrons. The smallest absolute Gasteiger partial charge is 0.142 e. The van der Waals surface area contributed by atoms with E-state index in [2.05, 4.69) is 10.5 Å². The lowest BCUT2D eigenvalue weighted by Gasteiger charge is -1.92. The highest BCUT2D eigenvalue weighted by Crippen LogP contribution is 2.03. The molecule has 3 nitrogen and oxygen atoms in total. The average molecular weight is 100 g/mol. The van der Waals surface area contributed by atoms with Crippen molar-refractivity contribution in [3.63, 3.8) is 0 Å². The number of nitrogens with one attached hydrogen (secondary N) is 1. The van der Waals surface area contributed by atoms with E-state index < -0.39 is 0 Å². The van der Waals surface area contributed by atoms with E-state index in [1.807, 2.05) is 0 Å². The summed E-state index contributed by atoms with van der Waals surface area (Å²) in [5.41, 5.74) is 0. The normalized spacial score (nSPS) is 30.6. The molecule has 7 heavy (non-hydrogen) atoms. The highest BCUT2D eigenvalue weighted by Gasteiger charge is 2.12. The summed E-state index contributed by atoms with van der Waals surface area (Å²) in [7, 11) is 0. The fourth-order valence-corrected chi connectivity index (χ4v) is 0.756. The van der Waals surface area contributed by atoms with Gasteiger partial charge in [0.25, 0.3) is 0 Å². The molecular weight excluding hydrogens is 92.1 g/mol. The number of hydrogen-bond acceptors (Lipinski definition) is 3. The molecule has 1 N–H and O–H groups in total. The molecule has 1 heterocycles. The van der Waals surface area contributed by atoms with E-state index in [0.29, 0.717) is 0 Å². The summed E-state index contributed by atoms with van der Waals surface area (Å²) in [6.45, 7) is 0.955. The van der Waals surface area contributed by atoms with Crippen molar-refractivity contribution in [1.82, 2.24) is 5.32 Å². The van der Waals surface area contributed by atoms with E-state index in [0.717, 1.165) is 19.4 Å². The van der Waals surface area contributed by atoms with Gasteiger partial charge in [0.05, 0.1) is 0 Å². The van der Waals surface area contributed by atoms with Gasteiger partial charge >= 0.3 is 0 Å². The number of nitrogens with zero attached hydrogens (tertiary/aromatic N) is 1. The third-order valence-corrected chi connectivity index (χ3v) is 1.16. The van der Waals surface area contributed by atoms with Gasteiger partial charge in [0.2, 0.25) is 0 Å². The van der Waals surface area contributed by atoms with Crippen LogP contribution in [0, 0.1) is 4.91 Å². The van der Waals surface area contributed by atoms with Crippen LogP contribution in [-0.2, 0) is 0 Å². The van der Waals surface area contributed by atoms with Crippen molar-refractivity contribution >= 4 is 0 Å². The second kappa shape index (κ2) is 2.02. The Morgan fingerprint density at radius 3 is 2.86 bits per heavy atom. The van der Waals surface area contributed by atoms with Crippen LogP contribution >= 0.6 is 0 Å². The maximum atomic E-state index is 9.69. The van der Waals surface area contributed by atoms with E-state index in [-0.39, 0.29) is 6.17 Å². The zero-order valence-corrected chi connectivity index (χ0v) is 4.05. The molecule has 0 aliphatic carbocycles. The zero-order chi connectivity index (χ0) is 5.11. The predicted molar refractivity (Wildman–Crippen MR) is 26.8 cm³/mol. The number of rotatable bonds is 1. The maximum absolute atomic E-state index is 9.69. The van der Waals surface area contributed by atoms with Gasteiger partial charge in [-0.05, 0) is 19.4 Å². The molecule has 3 heteroatoms. The van der Waals surface area contributed by atoms with Crippen LogP contribution < -0.4 is 5.32 Å². The predicted octanol–water partition coefficient (Wildman–Crippen LogP) is 0.462. The minimum Gasteiger partial charge on any atom is -0.293 e. The Morgan fingerprint density at radius 2 is 2.57 bits per heavy atom. The first-order valence-corrected chi connectivity index (χ1v) is 2.49. The molecule has 0 bridgehead atoms. The molecule has 1 aliphatic heterocycles. The van der Waals surface area contributed by atoms with Crippen LogP contribution in [0.4, 0.5) is 0 Å². The van der Waals surface area contributed by atoms with Gasteiger partial charge in [0.1, 0.15) is 6.17 Å². The van der Waals surface area contributed by atoms with E-state index in [9.17, 15) is 4.91 Å². The molecule has 1 saturated heterocycles. The SMILES string of the molecule is O=N[C@@H]1CCCN1. The fourth-order valence-electron chi connectivity index (χ4n) is 0.756. The molecule has 0 spiro atoms. The average Bonchev–Trinajstić information content (AvgIpc) is 2.14. The molecule has 0 aromatic heterocycles. The first-order chi connectivity index (χ1) is 3.43. The molecule has 0 aromatic carbocycles. The third-order valence-electron chi connectivity index (χ3n) is 1.16. The van der Waals surface area contributed by atoms with Crippen molar-refractivity contribution in [1.29, 1.82) is 0 Å². The summed E-state index contributed by atoms with van der Waals surface area (Å²) in [6.07, 6.45) is 1.93. The van der Waals surface area contributed by atoms with Gasteiger partial charge in [-0.3, -0.25) is 5.32 Å². The Balaban J connectivity index is 2.26. The van der Waals surface area contributed by atoms with Gasteiger partial charge in [0.15, 0.2) is 0 Å². The van der Waals surface area contributed by atoms with E-state index in [1.165, 1.54) is 0 Å². The monoisotopic (exact) mass is 100 g/mol. The Kier molecular flexibility index (Phi) is 1.36. The van der Waals surface area contributed by atoms with Crippen LogP contribution in [0.3, 0.4) is 0 Å². The minimum atomic E-state index is -0.0833. The van der Waals surface area contributed by atoms with Gasteiger partial charge < -0.3 is 0 Å². The molecule has 1 fully saturated rings. The summed E-state index contributed by atoms with van der Waals surface area (Å²) in [4.78, 5) is 9.69.